The van der Waals surface area contributed by atoms with Gasteiger partial charge in [0.2, 0.25) is 5.82 Å². The quantitative estimate of drug-likeness (QED) is 0.488. The fraction of sp³-hybridized carbons (Fsp3) is 0.133. The van der Waals surface area contributed by atoms with Gasteiger partial charge in [-0.25, -0.2) is 4.79 Å². The van der Waals surface area contributed by atoms with Crippen molar-refractivity contribution in [2.75, 3.05) is 6.26 Å². The highest BCUT2D eigenvalue weighted by atomic mass is 35.5. The van der Waals surface area contributed by atoms with Gasteiger partial charge in [-0.05, 0) is 35.9 Å². The molecule has 2 heterocycles. The van der Waals surface area contributed by atoms with Crippen molar-refractivity contribution in [1.82, 2.24) is 10.1 Å². The Bertz CT molecular complexity index is 818. The van der Waals surface area contributed by atoms with Crippen molar-refractivity contribution in [3.8, 4) is 10.7 Å². The smallest absolute Gasteiger partial charge is 0.340 e. The summed E-state index contributed by atoms with van der Waals surface area (Å²) in [6.45, 7) is -0.100. The molecular weight excluding hydrogens is 356 g/mol. The standard InChI is InChI=1S/C15H11ClN2O3S2/c1-22-9-4-5-11(16)10(7-9)15(19)20-8-13-17-14(18-21-13)12-3-2-6-23-12/h2-7H,8H2,1H3. The zero-order chi connectivity index (χ0) is 16.2. The third-order valence-electron chi connectivity index (χ3n) is 2.93. The van der Waals surface area contributed by atoms with Crippen LogP contribution in [0.25, 0.3) is 10.7 Å². The number of thiophene rings is 1. The number of thioether (sulfide) groups is 1. The lowest BCUT2D eigenvalue weighted by Gasteiger charge is -2.05. The minimum absolute atomic E-state index is 0.100. The molecule has 8 heteroatoms. The summed E-state index contributed by atoms with van der Waals surface area (Å²) in [7, 11) is 0. The van der Waals surface area contributed by atoms with Crippen LogP contribution in [0.3, 0.4) is 0 Å². The molecule has 0 aliphatic rings. The van der Waals surface area contributed by atoms with Gasteiger partial charge in [-0.3, -0.25) is 0 Å². The van der Waals surface area contributed by atoms with E-state index in [-0.39, 0.29) is 12.5 Å². The van der Waals surface area contributed by atoms with Gasteiger partial charge in [-0.15, -0.1) is 23.1 Å². The summed E-state index contributed by atoms with van der Waals surface area (Å²) in [6, 6.07) is 9.00. The summed E-state index contributed by atoms with van der Waals surface area (Å²) in [5, 5.41) is 6.13. The van der Waals surface area contributed by atoms with Crippen molar-refractivity contribution in [3.63, 3.8) is 0 Å². The normalized spacial score (nSPS) is 10.7. The predicted octanol–water partition coefficient (Wildman–Crippen LogP) is 4.53. The number of carbonyl (C=O) groups is 1. The van der Waals surface area contributed by atoms with Gasteiger partial charge in [-0.1, -0.05) is 22.8 Å². The van der Waals surface area contributed by atoms with Gasteiger partial charge in [0.25, 0.3) is 5.89 Å². The number of aromatic nitrogens is 2. The van der Waals surface area contributed by atoms with E-state index < -0.39 is 5.97 Å². The van der Waals surface area contributed by atoms with Gasteiger partial charge in [-0.2, -0.15) is 4.98 Å². The molecule has 0 bridgehead atoms. The summed E-state index contributed by atoms with van der Waals surface area (Å²) in [5.74, 6) is 0.189. The first-order valence-corrected chi connectivity index (χ1v) is 9.02. The molecule has 0 aliphatic carbocycles. The molecule has 3 rings (SSSR count). The lowest BCUT2D eigenvalue weighted by atomic mass is 10.2. The van der Waals surface area contributed by atoms with Crippen LogP contribution < -0.4 is 0 Å². The summed E-state index contributed by atoms with van der Waals surface area (Å²) in [6.07, 6.45) is 1.92. The molecule has 0 unspecified atom stereocenters. The van der Waals surface area contributed by atoms with E-state index in [1.807, 2.05) is 29.8 Å². The van der Waals surface area contributed by atoms with Gasteiger partial charge in [0.1, 0.15) is 0 Å². The zero-order valence-electron chi connectivity index (χ0n) is 12.0. The zero-order valence-corrected chi connectivity index (χ0v) is 14.4. The summed E-state index contributed by atoms with van der Waals surface area (Å²) >= 11 is 9.06. The van der Waals surface area contributed by atoms with Crippen LogP contribution in [0.1, 0.15) is 16.2 Å². The van der Waals surface area contributed by atoms with E-state index in [1.54, 1.807) is 12.1 Å². The maximum absolute atomic E-state index is 12.1. The lowest BCUT2D eigenvalue weighted by molar-refractivity contribution is 0.0429. The first-order chi connectivity index (χ1) is 11.2. The number of ether oxygens (including phenoxy) is 1. The molecule has 5 nitrogen and oxygen atoms in total. The molecule has 2 aromatic heterocycles. The first kappa shape index (κ1) is 16.0. The van der Waals surface area contributed by atoms with E-state index in [4.69, 9.17) is 20.9 Å². The monoisotopic (exact) mass is 366 g/mol. The van der Waals surface area contributed by atoms with Gasteiger partial charge >= 0.3 is 5.97 Å². The largest absolute Gasteiger partial charge is 0.452 e. The molecule has 118 valence electrons. The van der Waals surface area contributed by atoms with Gasteiger partial charge in [0.05, 0.1) is 15.5 Å². The average molecular weight is 367 g/mol. The second-order valence-corrected chi connectivity index (χ2v) is 6.65. The van der Waals surface area contributed by atoms with Crippen molar-refractivity contribution in [3.05, 3.63) is 52.2 Å². The highest BCUT2D eigenvalue weighted by molar-refractivity contribution is 7.98. The first-order valence-electron chi connectivity index (χ1n) is 6.54. The maximum atomic E-state index is 12.1. The number of rotatable bonds is 5. The van der Waals surface area contributed by atoms with E-state index in [2.05, 4.69) is 10.1 Å². The van der Waals surface area contributed by atoms with E-state index >= 15 is 0 Å². The topological polar surface area (TPSA) is 65.2 Å². The Morgan fingerprint density at radius 1 is 1.43 bits per heavy atom. The second-order valence-electron chi connectivity index (χ2n) is 4.41. The van der Waals surface area contributed by atoms with E-state index in [1.165, 1.54) is 23.1 Å². The van der Waals surface area contributed by atoms with Crippen LogP contribution in [0.4, 0.5) is 0 Å². The summed E-state index contributed by atoms with van der Waals surface area (Å²) in [4.78, 5) is 18.2. The minimum Gasteiger partial charge on any atom is -0.452 e. The number of esters is 1. The molecule has 0 aliphatic heterocycles. The van der Waals surface area contributed by atoms with Crippen LogP contribution in [0, 0.1) is 0 Å². The SMILES string of the molecule is CSc1ccc(Cl)c(C(=O)OCc2nc(-c3cccs3)no2)c1. The molecule has 1 aromatic carbocycles. The van der Waals surface area contributed by atoms with Crippen LogP contribution >= 0.6 is 34.7 Å². The average Bonchev–Trinajstić information content (AvgIpc) is 3.24. The Balaban J connectivity index is 1.67. The summed E-state index contributed by atoms with van der Waals surface area (Å²) in [5.41, 5.74) is 0.316. The van der Waals surface area contributed by atoms with Crippen LogP contribution in [0.2, 0.25) is 5.02 Å². The number of benzene rings is 1. The predicted molar refractivity (Wildman–Crippen MR) is 90.0 cm³/mol. The number of carbonyl (C=O) groups excluding carboxylic acids is 1. The molecular formula is C15H11ClN2O3S2. The second kappa shape index (κ2) is 7.16. The van der Waals surface area contributed by atoms with E-state index in [0.29, 0.717) is 16.4 Å². The highest BCUT2D eigenvalue weighted by Crippen LogP contribution is 2.24. The molecule has 0 fully saturated rings. The van der Waals surface area contributed by atoms with Crippen molar-refractivity contribution < 1.29 is 14.1 Å². The fourth-order valence-corrected chi connectivity index (χ4v) is 3.10. The van der Waals surface area contributed by atoms with Crippen LogP contribution in [-0.2, 0) is 11.3 Å². The molecule has 0 atom stereocenters. The number of hydrogen-bond acceptors (Lipinski definition) is 7. The van der Waals surface area contributed by atoms with E-state index in [9.17, 15) is 4.79 Å². The van der Waals surface area contributed by atoms with Gasteiger partial charge in [0.15, 0.2) is 6.61 Å². The molecule has 0 radical (unpaired) electrons. The molecule has 0 amide bonds. The molecule has 0 saturated carbocycles. The van der Waals surface area contributed by atoms with Crippen LogP contribution in [-0.4, -0.2) is 22.4 Å². The lowest BCUT2D eigenvalue weighted by Crippen LogP contribution is -2.06. The van der Waals surface area contributed by atoms with Gasteiger partial charge < -0.3 is 9.26 Å². The van der Waals surface area contributed by atoms with Crippen LogP contribution in [0.15, 0.2) is 45.1 Å². The third kappa shape index (κ3) is 3.74. The van der Waals surface area contributed by atoms with Crippen LogP contribution in [0.5, 0.6) is 0 Å². The van der Waals surface area contributed by atoms with Gasteiger partial charge in [0, 0.05) is 4.90 Å². The number of hydrogen-bond donors (Lipinski definition) is 0. The maximum Gasteiger partial charge on any atom is 0.340 e. The number of nitrogens with zero attached hydrogens (tertiary/aromatic N) is 2. The highest BCUT2D eigenvalue weighted by Gasteiger charge is 2.15. The van der Waals surface area contributed by atoms with Crippen molar-refractivity contribution >= 4 is 40.7 Å². The molecule has 3 aromatic rings. The summed E-state index contributed by atoms with van der Waals surface area (Å²) < 4.78 is 10.3. The Morgan fingerprint density at radius 3 is 3.04 bits per heavy atom. The Morgan fingerprint density at radius 2 is 2.30 bits per heavy atom. The van der Waals surface area contributed by atoms with Crippen molar-refractivity contribution in [2.45, 2.75) is 11.5 Å². The molecule has 0 spiro atoms. The Kier molecular flexibility index (Phi) is 5.00. The Hall–Kier alpha value is -1.83. The van der Waals surface area contributed by atoms with Crippen molar-refractivity contribution in [2.24, 2.45) is 0 Å². The number of halogens is 1. The molecule has 23 heavy (non-hydrogen) atoms. The molecule has 0 saturated heterocycles. The Labute approximate surface area is 145 Å². The fourth-order valence-electron chi connectivity index (χ4n) is 1.81. The molecule has 0 N–H and O–H groups in total. The van der Waals surface area contributed by atoms with Crippen molar-refractivity contribution in [1.29, 1.82) is 0 Å². The third-order valence-corrected chi connectivity index (χ3v) is 4.85. The minimum atomic E-state index is -0.526. The van der Waals surface area contributed by atoms with E-state index in [0.717, 1.165) is 9.77 Å².